The molecule has 1 atom stereocenters. The second-order valence-corrected chi connectivity index (χ2v) is 3.49. The first kappa shape index (κ1) is 14.6. The van der Waals surface area contributed by atoms with Gasteiger partial charge in [-0.1, -0.05) is 30.3 Å². The first-order chi connectivity index (χ1) is 6.61. The van der Waals surface area contributed by atoms with Gasteiger partial charge in [0.05, 0.1) is 12.0 Å². The van der Waals surface area contributed by atoms with Crippen molar-refractivity contribution in [3.05, 3.63) is 35.9 Å². The normalized spacial score (nSPS) is 11.9. The van der Waals surface area contributed by atoms with Gasteiger partial charge in [-0.15, -0.1) is 0 Å². The van der Waals surface area contributed by atoms with Crippen LogP contribution in [0.4, 0.5) is 0 Å². The second-order valence-electron chi connectivity index (χ2n) is 3.49. The van der Waals surface area contributed by atoms with E-state index in [2.05, 4.69) is 0 Å². The van der Waals surface area contributed by atoms with E-state index in [1.807, 2.05) is 30.3 Å². The van der Waals surface area contributed by atoms with Crippen LogP contribution < -0.4 is 34.7 Å². The molecule has 0 N–H and O–H groups in total. The fraction of sp³-hybridized carbons (Fsp3) is 0.364. The van der Waals surface area contributed by atoms with Gasteiger partial charge < -0.3 is 14.8 Å². The standard InChI is InChI=1S/C11H15NO2.Na/c1-12(2)10(11(13)14)8-9-6-4-3-5-7-9;/h3-7,10H,8H2,1-2H3,(H,13,14);/q;+1/p-1. The summed E-state index contributed by atoms with van der Waals surface area (Å²) in [5.41, 5.74) is 1.01. The van der Waals surface area contributed by atoms with Crippen LogP contribution in [0.1, 0.15) is 5.56 Å². The van der Waals surface area contributed by atoms with E-state index < -0.39 is 12.0 Å². The van der Waals surface area contributed by atoms with Crippen molar-refractivity contribution < 1.29 is 39.5 Å². The average Bonchev–Trinajstić information content (AvgIpc) is 2.15. The van der Waals surface area contributed by atoms with Gasteiger partial charge in [0.1, 0.15) is 0 Å². The molecule has 1 aromatic rings. The number of nitrogens with zero attached hydrogens (tertiary/aromatic N) is 1. The van der Waals surface area contributed by atoms with Gasteiger partial charge in [0.25, 0.3) is 0 Å². The summed E-state index contributed by atoms with van der Waals surface area (Å²) in [4.78, 5) is 12.4. The number of aliphatic carboxylic acids is 1. The van der Waals surface area contributed by atoms with E-state index in [9.17, 15) is 9.90 Å². The van der Waals surface area contributed by atoms with E-state index in [4.69, 9.17) is 0 Å². The maximum atomic E-state index is 10.8. The molecule has 0 saturated carbocycles. The zero-order valence-corrected chi connectivity index (χ0v) is 11.4. The van der Waals surface area contributed by atoms with Crippen LogP contribution >= 0.6 is 0 Å². The molecule has 3 nitrogen and oxygen atoms in total. The summed E-state index contributed by atoms with van der Waals surface area (Å²) < 4.78 is 0. The van der Waals surface area contributed by atoms with Crippen LogP contribution in [0.5, 0.6) is 0 Å². The van der Waals surface area contributed by atoms with Crippen molar-refractivity contribution in [1.82, 2.24) is 4.90 Å². The Morgan fingerprint density at radius 3 is 2.27 bits per heavy atom. The zero-order chi connectivity index (χ0) is 10.6. The number of likely N-dealkylation sites (N-methyl/N-ethyl adjacent to an activating group) is 1. The van der Waals surface area contributed by atoms with Gasteiger partial charge in [0.15, 0.2) is 0 Å². The van der Waals surface area contributed by atoms with Gasteiger partial charge in [-0.2, -0.15) is 0 Å². The van der Waals surface area contributed by atoms with Gasteiger partial charge in [0.2, 0.25) is 0 Å². The predicted molar refractivity (Wildman–Crippen MR) is 52.6 cm³/mol. The molecule has 0 amide bonds. The predicted octanol–water partition coefficient (Wildman–Crippen LogP) is -3.09. The minimum absolute atomic E-state index is 0. The summed E-state index contributed by atoms with van der Waals surface area (Å²) in [5, 5.41) is 10.8. The maximum Gasteiger partial charge on any atom is 1.00 e. The zero-order valence-electron chi connectivity index (χ0n) is 9.43. The third kappa shape index (κ3) is 4.80. The summed E-state index contributed by atoms with van der Waals surface area (Å²) in [6.07, 6.45) is 0.482. The number of benzene rings is 1. The van der Waals surface area contributed by atoms with Crippen molar-refractivity contribution in [2.45, 2.75) is 12.5 Å². The van der Waals surface area contributed by atoms with Crippen LogP contribution in [0.3, 0.4) is 0 Å². The van der Waals surface area contributed by atoms with Crippen molar-refractivity contribution in [1.29, 1.82) is 0 Å². The van der Waals surface area contributed by atoms with E-state index in [1.165, 1.54) is 0 Å². The molecule has 0 saturated heterocycles. The van der Waals surface area contributed by atoms with Crippen LogP contribution in [0.15, 0.2) is 30.3 Å². The molecular weight excluding hydrogens is 201 g/mol. The van der Waals surface area contributed by atoms with E-state index in [0.717, 1.165) is 5.56 Å². The molecule has 0 fully saturated rings. The van der Waals surface area contributed by atoms with Crippen LogP contribution in [0.2, 0.25) is 0 Å². The molecule has 1 rings (SSSR count). The largest absolute Gasteiger partial charge is 1.00 e. The van der Waals surface area contributed by atoms with Crippen LogP contribution in [0.25, 0.3) is 0 Å². The number of carboxylic acid groups (broad SMARTS) is 1. The molecule has 0 aliphatic rings. The van der Waals surface area contributed by atoms with E-state index in [1.54, 1.807) is 19.0 Å². The molecule has 15 heavy (non-hydrogen) atoms. The Kier molecular flexibility index (Phi) is 6.85. The van der Waals surface area contributed by atoms with Crippen molar-refractivity contribution >= 4 is 5.97 Å². The minimum Gasteiger partial charge on any atom is -0.548 e. The van der Waals surface area contributed by atoms with Crippen molar-refractivity contribution in [2.24, 2.45) is 0 Å². The summed E-state index contributed by atoms with van der Waals surface area (Å²) in [7, 11) is 3.48. The summed E-state index contributed by atoms with van der Waals surface area (Å²) in [6, 6.07) is 8.98. The Morgan fingerprint density at radius 1 is 1.33 bits per heavy atom. The molecule has 0 radical (unpaired) electrons. The van der Waals surface area contributed by atoms with Crippen LogP contribution in [-0.2, 0) is 11.2 Å². The van der Waals surface area contributed by atoms with Gasteiger partial charge in [0, 0.05) is 0 Å². The van der Waals surface area contributed by atoms with Gasteiger partial charge in [-0.05, 0) is 26.1 Å². The van der Waals surface area contributed by atoms with E-state index >= 15 is 0 Å². The molecule has 1 unspecified atom stereocenters. The van der Waals surface area contributed by atoms with Crippen molar-refractivity contribution in [2.75, 3.05) is 14.1 Å². The van der Waals surface area contributed by atoms with Gasteiger partial charge in [-0.3, -0.25) is 0 Å². The molecule has 0 aliphatic carbocycles. The van der Waals surface area contributed by atoms with E-state index in [0.29, 0.717) is 6.42 Å². The Bertz CT molecular complexity index is 301. The third-order valence-electron chi connectivity index (χ3n) is 2.17. The quantitative estimate of drug-likeness (QED) is 0.500. The number of carbonyl (C=O) groups is 1. The monoisotopic (exact) mass is 215 g/mol. The minimum atomic E-state index is -1.03. The Hall–Kier alpha value is -0.350. The maximum absolute atomic E-state index is 10.8. The molecule has 0 aromatic heterocycles. The fourth-order valence-electron chi connectivity index (χ4n) is 1.31. The molecule has 1 aromatic carbocycles. The number of carboxylic acids is 1. The average molecular weight is 215 g/mol. The number of hydrogen-bond acceptors (Lipinski definition) is 3. The summed E-state index contributed by atoms with van der Waals surface area (Å²) >= 11 is 0. The van der Waals surface area contributed by atoms with Crippen LogP contribution in [-0.4, -0.2) is 31.0 Å². The Balaban J connectivity index is 0.00000196. The van der Waals surface area contributed by atoms with E-state index in [-0.39, 0.29) is 29.6 Å². The third-order valence-corrected chi connectivity index (χ3v) is 2.17. The molecule has 0 heterocycles. The number of rotatable bonds is 4. The topological polar surface area (TPSA) is 43.4 Å². The summed E-state index contributed by atoms with van der Waals surface area (Å²) in [6.45, 7) is 0. The van der Waals surface area contributed by atoms with Gasteiger partial charge in [-0.25, -0.2) is 0 Å². The van der Waals surface area contributed by atoms with Gasteiger partial charge >= 0.3 is 29.6 Å². The SMILES string of the molecule is CN(C)C(Cc1ccccc1)C(=O)[O-].[Na+]. The fourth-order valence-corrected chi connectivity index (χ4v) is 1.31. The molecule has 0 spiro atoms. The molecule has 76 valence electrons. The smallest absolute Gasteiger partial charge is 0.548 e. The second kappa shape index (κ2) is 7.01. The molecular formula is C11H14NNaO2. The molecule has 0 bridgehead atoms. The molecule has 4 heteroatoms. The Labute approximate surface area is 112 Å². The summed E-state index contributed by atoms with van der Waals surface area (Å²) in [5.74, 6) is -1.03. The Morgan fingerprint density at radius 2 is 1.87 bits per heavy atom. The van der Waals surface area contributed by atoms with Crippen molar-refractivity contribution in [3.8, 4) is 0 Å². The van der Waals surface area contributed by atoms with Crippen molar-refractivity contribution in [3.63, 3.8) is 0 Å². The van der Waals surface area contributed by atoms with Crippen LogP contribution in [0, 0.1) is 0 Å². The number of carbonyl (C=O) groups excluding carboxylic acids is 1. The first-order valence-electron chi connectivity index (χ1n) is 4.52. The number of hydrogen-bond donors (Lipinski definition) is 0. The first-order valence-corrected chi connectivity index (χ1v) is 4.52. The molecule has 0 aliphatic heterocycles.